The van der Waals surface area contributed by atoms with Crippen LogP contribution in [0.2, 0.25) is 5.02 Å². The average Bonchev–Trinajstić information content (AvgIpc) is 3.06. The zero-order chi connectivity index (χ0) is 27.1. The molecule has 2 fully saturated rings. The van der Waals surface area contributed by atoms with Gasteiger partial charge in [-0.2, -0.15) is 4.31 Å². The fourth-order valence-electron chi connectivity index (χ4n) is 4.68. The second-order valence-electron chi connectivity index (χ2n) is 9.40. The lowest BCUT2D eigenvalue weighted by Crippen LogP contribution is -2.53. The number of carbonyl (C=O) groups is 3. The van der Waals surface area contributed by atoms with Gasteiger partial charge in [-0.25, -0.2) is 13.2 Å². The van der Waals surface area contributed by atoms with Gasteiger partial charge in [-0.1, -0.05) is 17.7 Å². The Morgan fingerprint density at radius 2 is 1.66 bits per heavy atom. The third-order valence-corrected chi connectivity index (χ3v) is 9.10. The second kappa shape index (κ2) is 10.1. The van der Waals surface area contributed by atoms with E-state index in [4.69, 9.17) is 21.1 Å². The quantitative estimate of drug-likeness (QED) is 0.551. The first-order valence-electron chi connectivity index (χ1n) is 12.2. The zero-order valence-electron chi connectivity index (χ0n) is 20.7. The van der Waals surface area contributed by atoms with Crippen molar-refractivity contribution in [1.29, 1.82) is 0 Å². The van der Waals surface area contributed by atoms with Crippen LogP contribution >= 0.6 is 11.6 Å². The van der Waals surface area contributed by atoms with Crippen molar-refractivity contribution in [3.63, 3.8) is 0 Å². The summed E-state index contributed by atoms with van der Waals surface area (Å²) in [4.78, 5) is 41.6. The molecule has 13 heteroatoms. The van der Waals surface area contributed by atoms with Crippen molar-refractivity contribution in [2.75, 3.05) is 45.9 Å². The summed E-state index contributed by atoms with van der Waals surface area (Å²) in [5.41, 5.74) is -0.871. The van der Waals surface area contributed by atoms with E-state index in [1.807, 2.05) is 0 Å². The van der Waals surface area contributed by atoms with Crippen LogP contribution in [-0.2, 0) is 25.2 Å². The third kappa shape index (κ3) is 4.79. The van der Waals surface area contributed by atoms with Crippen LogP contribution in [0.25, 0.3) is 0 Å². The van der Waals surface area contributed by atoms with E-state index in [0.717, 1.165) is 11.3 Å². The monoisotopic (exact) mass is 562 g/mol. The largest absolute Gasteiger partial charge is 0.490 e. The molecule has 11 nitrogen and oxygen atoms in total. The predicted octanol–water partition coefficient (Wildman–Crippen LogP) is 1.80. The minimum absolute atomic E-state index is 0.0890. The minimum atomic E-state index is -3.73. The fourth-order valence-corrected chi connectivity index (χ4v) is 6.23. The lowest BCUT2D eigenvalue weighted by molar-refractivity contribution is -0.139. The van der Waals surface area contributed by atoms with Crippen molar-refractivity contribution in [2.45, 2.75) is 23.8 Å². The molecule has 3 aliphatic heterocycles. The summed E-state index contributed by atoms with van der Waals surface area (Å²) in [6.07, 6.45) is 0.730. The number of sulfonamides is 1. The molecule has 202 valence electrons. The number of ether oxygens (including phenoxy) is 2. The molecule has 5 rings (SSSR count). The molecule has 0 spiro atoms. The first kappa shape index (κ1) is 26.3. The van der Waals surface area contributed by atoms with Gasteiger partial charge in [0.25, 0.3) is 5.91 Å². The Bertz CT molecular complexity index is 1380. The average molecular weight is 563 g/mol. The molecule has 1 atom stereocenters. The fraction of sp³-hybridized carbons (Fsp3) is 0.400. The van der Waals surface area contributed by atoms with Crippen LogP contribution in [-0.4, -0.2) is 86.3 Å². The van der Waals surface area contributed by atoms with E-state index in [-0.39, 0.29) is 31.1 Å². The van der Waals surface area contributed by atoms with Gasteiger partial charge in [-0.15, -0.1) is 0 Å². The molecule has 2 aromatic carbocycles. The van der Waals surface area contributed by atoms with Crippen LogP contribution in [0.4, 0.5) is 4.79 Å². The molecule has 2 saturated heterocycles. The highest BCUT2D eigenvalue weighted by molar-refractivity contribution is 7.89. The standard InChI is InChI=1S/C25H27ClN4O7S/c1-25(17-3-8-20-21(15-17)37-14-2-13-36-20)23(32)30(24(33)27-25)16-22(31)28-9-11-29(12-10-28)38(34,35)19-6-4-18(26)5-7-19/h3-8,15H,2,9-14,16H2,1H3,(H,27,33)/t25-/m0/s1. The summed E-state index contributed by atoms with van der Waals surface area (Å²) in [6, 6.07) is 10.3. The van der Waals surface area contributed by atoms with E-state index in [2.05, 4.69) is 5.32 Å². The number of imide groups is 1. The van der Waals surface area contributed by atoms with E-state index in [0.29, 0.717) is 35.3 Å². The van der Waals surface area contributed by atoms with E-state index in [1.165, 1.54) is 33.5 Å². The lowest BCUT2D eigenvalue weighted by atomic mass is 9.91. The van der Waals surface area contributed by atoms with Gasteiger partial charge in [0.2, 0.25) is 15.9 Å². The van der Waals surface area contributed by atoms with Gasteiger partial charge in [0.15, 0.2) is 11.5 Å². The molecule has 0 saturated carbocycles. The van der Waals surface area contributed by atoms with Crippen LogP contribution in [0.1, 0.15) is 18.9 Å². The number of nitrogens with one attached hydrogen (secondary N) is 1. The Morgan fingerprint density at radius 3 is 2.34 bits per heavy atom. The van der Waals surface area contributed by atoms with Crippen LogP contribution in [0.15, 0.2) is 47.4 Å². The van der Waals surface area contributed by atoms with E-state index in [9.17, 15) is 22.8 Å². The highest BCUT2D eigenvalue weighted by Crippen LogP contribution is 2.36. The van der Waals surface area contributed by atoms with Gasteiger partial charge >= 0.3 is 6.03 Å². The van der Waals surface area contributed by atoms with Gasteiger partial charge in [0.1, 0.15) is 12.1 Å². The molecule has 3 heterocycles. The van der Waals surface area contributed by atoms with E-state index < -0.39 is 40.0 Å². The molecule has 0 unspecified atom stereocenters. The summed E-state index contributed by atoms with van der Waals surface area (Å²) in [6.45, 7) is 2.58. The van der Waals surface area contributed by atoms with Crippen LogP contribution in [0.5, 0.6) is 11.5 Å². The molecular formula is C25H27ClN4O7S. The summed E-state index contributed by atoms with van der Waals surface area (Å²) < 4.78 is 38.5. The summed E-state index contributed by atoms with van der Waals surface area (Å²) in [5, 5.41) is 3.13. The maximum atomic E-state index is 13.4. The minimum Gasteiger partial charge on any atom is -0.490 e. The Morgan fingerprint density at radius 1 is 1.00 bits per heavy atom. The number of urea groups is 1. The molecule has 0 radical (unpaired) electrons. The Balaban J connectivity index is 1.23. The Hall–Kier alpha value is -3.35. The third-order valence-electron chi connectivity index (χ3n) is 6.94. The lowest BCUT2D eigenvalue weighted by Gasteiger charge is -2.34. The van der Waals surface area contributed by atoms with E-state index in [1.54, 1.807) is 25.1 Å². The number of hydrogen-bond acceptors (Lipinski definition) is 7. The van der Waals surface area contributed by atoms with Crippen LogP contribution < -0.4 is 14.8 Å². The smallest absolute Gasteiger partial charge is 0.325 e. The first-order chi connectivity index (χ1) is 18.1. The molecule has 0 bridgehead atoms. The maximum absolute atomic E-state index is 13.4. The number of amides is 4. The number of fused-ring (bicyclic) bond motifs is 1. The van der Waals surface area contributed by atoms with Gasteiger partial charge < -0.3 is 19.7 Å². The van der Waals surface area contributed by atoms with Gasteiger partial charge in [-0.3, -0.25) is 14.5 Å². The molecule has 3 aliphatic rings. The number of hydrogen-bond donors (Lipinski definition) is 1. The molecule has 2 aromatic rings. The van der Waals surface area contributed by atoms with Crippen molar-refractivity contribution in [3.8, 4) is 11.5 Å². The molecule has 0 aromatic heterocycles. The second-order valence-corrected chi connectivity index (χ2v) is 11.8. The number of carbonyl (C=O) groups excluding carboxylic acids is 3. The summed E-state index contributed by atoms with van der Waals surface area (Å²) in [7, 11) is -3.73. The van der Waals surface area contributed by atoms with Crippen LogP contribution in [0, 0.1) is 0 Å². The van der Waals surface area contributed by atoms with Crippen molar-refractivity contribution in [2.24, 2.45) is 0 Å². The molecule has 38 heavy (non-hydrogen) atoms. The SMILES string of the molecule is C[C@@]1(c2ccc3c(c2)OCCCO3)NC(=O)N(CC(=O)N2CCN(S(=O)(=O)c3ccc(Cl)cc3)CC2)C1=O. The predicted molar refractivity (Wildman–Crippen MR) is 136 cm³/mol. The zero-order valence-corrected chi connectivity index (χ0v) is 22.3. The van der Waals surface area contributed by atoms with Crippen LogP contribution in [0.3, 0.4) is 0 Å². The van der Waals surface area contributed by atoms with Gasteiger partial charge in [0, 0.05) is 37.6 Å². The molecule has 0 aliphatic carbocycles. The summed E-state index contributed by atoms with van der Waals surface area (Å²) in [5.74, 6) is 0.0503. The molecular weight excluding hydrogens is 536 g/mol. The Kier molecular flexibility index (Phi) is 6.97. The number of benzene rings is 2. The topological polar surface area (TPSA) is 126 Å². The van der Waals surface area contributed by atoms with Gasteiger partial charge in [0.05, 0.1) is 18.1 Å². The van der Waals surface area contributed by atoms with E-state index >= 15 is 0 Å². The number of piperazine rings is 1. The highest BCUT2D eigenvalue weighted by Gasteiger charge is 2.50. The van der Waals surface area contributed by atoms with Crippen molar-refractivity contribution in [3.05, 3.63) is 53.1 Å². The summed E-state index contributed by atoms with van der Waals surface area (Å²) >= 11 is 5.86. The molecule has 4 amide bonds. The van der Waals surface area contributed by atoms with Crippen molar-refractivity contribution in [1.82, 2.24) is 19.4 Å². The first-order valence-corrected chi connectivity index (χ1v) is 14.0. The van der Waals surface area contributed by atoms with Crippen molar-refractivity contribution < 1.29 is 32.3 Å². The molecule has 1 N–H and O–H groups in total. The van der Waals surface area contributed by atoms with Crippen molar-refractivity contribution >= 4 is 39.5 Å². The highest BCUT2D eigenvalue weighted by atomic mass is 35.5. The normalized spacial score (nSPS) is 22.3. The Labute approximate surface area is 225 Å². The van der Waals surface area contributed by atoms with Gasteiger partial charge in [-0.05, 0) is 48.9 Å². The maximum Gasteiger partial charge on any atom is 0.325 e. The number of rotatable bonds is 5. The number of halogens is 1. The number of nitrogens with zero attached hydrogens (tertiary/aromatic N) is 3.